The molecule has 0 amide bonds. The second-order valence-corrected chi connectivity index (χ2v) is 8.23. The Morgan fingerprint density at radius 1 is 0.676 bits per heavy atom. The second kappa shape index (κ2) is 9.13. The first kappa shape index (κ1) is 21.9. The Kier molecular flexibility index (Phi) is 5.88. The van der Waals surface area contributed by atoms with E-state index in [0.717, 1.165) is 33.2 Å². The van der Waals surface area contributed by atoms with Crippen LogP contribution in [0.1, 0.15) is 24.2 Å². The number of nitrogens with zero attached hydrogens (tertiary/aromatic N) is 2. The van der Waals surface area contributed by atoms with Gasteiger partial charge in [0.25, 0.3) is 0 Å². The van der Waals surface area contributed by atoms with Crippen LogP contribution in [-0.4, -0.2) is 48.8 Å². The average molecular weight is 463 g/mol. The molecular weight excluding hydrogens is 436 g/mol. The summed E-state index contributed by atoms with van der Waals surface area (Å²) in [5.41, 5.74) is 3.08. The third-order valence-electron chi connectivity index (χ3n) is 6.15. The molecular formula is C26H26N2O6. The van der Waals surface area contributed by atoms with Crippen LogP contribution >= 0.6 is 0 Å². The van der Waals surface area contributed by atoms with Crippen LogP contribution in [0, 0.1) is 0 Å². The smallest absolute Gasteiger partial charge is 0.418 e. The SMILES string of the molecule is COc1ccc2cc3n(c2c1)C(=O)OCCCc1cc2ccc(OC)cc2n1C(=O)OCCC3. The summed E-state index contributed by atoms with van der Waals surface area (Å²) in [6.45, 7) is 0.448. The van der Waals surface area contributed by atoms with Gasteiger partial charge in [-0.2, -0.15) is 0 Å². The number of hydrogen-bond acceptors (Lipinski definition) is 6. The first-order chi connectivity index (χ1) is 16.6. The van der Waals surface area contributed by atoms with E-state index in [9.17, 15) is 9.59 Å². The van der Waals surface area contributed by atoms with Gasteiger partial charge < -0.3 is 18.9 Å². The summed E-state index contributed by atoms with van der Waals surface area (Å²) in [5, 5.41) is 1.84. The maximum atomic E-state index is 13.1. The number of methoxy groups -OCH3 is 2. The lowest BCUT2D eigenvalue weighted by molar-refractivity contribution is 0.140. The standard InChI is InChI=1S/C26H26N2O6/c1-31-21-9-7-17-13-19-5-3-12-34-26(30)28-20(14-18-8-10-22(32-2)16-24(18)28)6-4-11-33-25(29)27(19)23(17)15-21/h7-10,13-16H,3-6,11-12H2,1-2H3. The van der Waals surface area contributed by atoms with Gasteiger partial charge in [0.15, 0.2) is 0 Å². The summed E-state index contributed by atoms with van der Waals surface area (Å²) in [6, 6.07) is 15.2. The molecule has 0 aliphatic carbocycles. The molecule has 4 aromatic rings. The Hall–Kier alpha value is -3.94. The van der Waals surface area contributed by atoms with E-state index in [1.807, 2.05) is 48.5 Å². The van der Waals surface area contributed by atoms with Gasteiger partial charge in [0.05, 0.1) is 38.5 Å². The van der Waals surface area contributed by atoms with Crippen molar-refractivity contribution in [1.29, 1.82) is 0 Å². The van der Waals surface area contributed by atoms with E-state index >= 15 is 0 Å². The van der Waals surface area contributed by atoms with E-state index in [1.165, 1.54) is 0 Å². The van der Waals surface area contributed by atoms with Crippen molar-refractivity contribution in [2.45, 2.75) is 25.7 Å². The molecule has 176 valence electrons. The van der Waals surface area contributed by atoms with Crippen LogP contribution in [0.3, 0.4) is 0 Å². The number of benzene rings is 2. The van der Waals surface area contributed by atoms with Gasteiger partial charge in [-0.25, -0.2) is 18.7 Å². The van der Waals surface area contributed by atoms with Crippen molar-refractivity contribution in [3.8, 4) is 11.5 Å². The first-order valence-electron chi connectivity index (χ1n) is 11.3. The van der Waals surface area contributed by atoms with Crippen LogP contribution in [0.2, 0.25) is 0 Å². The maximum absolute atomic E-state index is 13.1. The van der Waals surface area contributed by atoms with Gasteiger partial charge in [-0.15, -0.1) is 0 Å². The Balaban J connectivity index is 1.46. The summed E-state index contributed by atoms with van der Waals surface area (Å²) < 4.78 is 25.1. The molecule has 3 heterocycles. The predicted octanol–water partition coefficient (Wildman–Crippen LogP) is 5.16. The largest absolute Gasteiger partial charge is 0.497 e. The van der Waals surface area contributed by atoms with Crippen LogP contribution in [-0.2, 0) is 22.3 Å². The molecule has 0 atom stereocenters. The number of cyclic esters (lactones) is 2. The van der Waals surface area contributed by atoms with Gasteiger partial charge in [-0.05, 0) is 62.1 Å². The van der Waals surface area contributed by atoms with Crippen molar-refractivity contribution in [2.75, 3.05) is 27.4 Å². The van der Waals surface area contributed by atoms with E-state index in [4.69, 9.17) is 18.9 Å². The van der Waals surface area contributed by atoms with Crippen LogP contribution in [0.4, 0.5) is 9.59 Å². The van der Waals surface area contributed by atoms with Crippen LogP contribution in [0.5, 0.6) is 11.5 Å². The summed E-state index contributed by atoms with van der Waals surface area (Å²) in [6.07, 6.45) is 1.38. The Bertz CT molecular complexity index is 1280. The van der Waals surface area contributed by atoms with Gasteiger partial charge in [0, 0.05) is 34.3 Å². The van der Waals surface area contributed by atoms with Gasteiger partial charge in [0.1, 0.15) is 11.5 Å². The highest BCUT2D eigenvalue weighted by atomic mass is 16.6. The maximum Gasteiger partial charge on any atom is 0.418 e. The highest BCUT2D eigenvalue weighted by Gasteiger charge is 2.20. The quantitative estimate of drug-likeness (QED) is 0.409. The molecule has 0 fully saturated rings. The third-order valence-corrected chi connectivity index (χ3v) is 6.15. The number of rotatable bonds is 2. The van der Waals surface area contributed by atoms with Crippen LogP contribution < -0.4 is 9.47 Å². The molecule has 0 bridgehead atoms. The zero-order chi connectivity index (χ0) is 23.7. The third kappa shape index (κ3) is 3.96. The molecule has 0 N–H and O–H groups in total. The Labute approximate surface area is 196 Å². The molecule has 0 unspecified atom stereocenters. The molecule has 2 aromatic heterocycles. The van der Waals surface area contributed by atoms with Crippen molar-refractivity contribution in [3.63, 3.8) is 0 Å². The normalized spacial score (nSPS) is 15.2. The fraction of sp³-hybridized carbons (Fsp3) is 0.308. The zero-order valence-electron chi connectivity index (χ0n) is 19.2. The average Bonchev–Trinajstić information content (AvgIpc) is 3.40. The number of carbonyl (C=O) groups is 2. The molecule has 1 aliphatic heterocycles. The van der Waals surface area contributed by atoms with Gasteiger partial charge >= 0.3 is 12.2 Å². The topological polar surface area (TPSA) is 80.9 Å². The molecule has 2 aromatic carbocycles. The lowest BCUT2D eigenvalue weighted by Crippen LogP contribution is -2.20. The zero-order valence-corrected chi connectivity index (χ0v) is 19.2. The van der Waals surface area contributed by atoms with Gasteiger partial charge in [0.2, 0.25) is 0 Å². The molecule has 0 saturated carbocycles. The van der Waals surface area contributed by atoms with Crippen LogP contribution in [0.25, 0.3) is 21.8 Å². The number of hydrogen-bond donors (Lipinski definition) is 0. The fourth-order valence-electron chi connectivity index (χ4n) is 4.48. The number of fused-ring (bicyclic) bond motifs is 6. The van der Waals surface area contributed by atoms with E-state index in [2.05, 4.69) is 0 Å². The highest BCUT2D eigenvalue weighted by molar-refractivity contribution is 5.92. The Morgan fingerprint density at radius 2 is 1.12 bits per heavy atom. The van der Waals surface area contributed by atoms with E-state index in [1.54, 1.807) is 23.4 Å². The number of ether oxygens (including phenoxy) is 4. The summed E-state index contributed by atoms with van der Waals surface area (Å²) >= 11 is 0. The summed E-state index contributed by atoms with van der Waals surface area (Å²) in [7, 11) is 3.19. The number of aromatic nitrogens is 2. The predicted molar refractivity (Wildman–Crippen MR) is 127 cm³/mol. The highest BCUT2D eigenvalue weighted by Crippen LogP contribution is 2.28. The molecule has 8 nitrogen and oxygen atoms in total. The van der Waals surface area contributed by atoms with E-state index in [0.29, 0.717) is 37.2 Å². The molecule has 1 aliphatic rings. The van der Waals surface area contributed by atoms with Gasteiger partial charge in [-0.3, -0.25) is 0 Å². The summed E-state index contributed by atoms with van der Waals surface area (Å²) in [4.78, 5) is 26.1. The van der Waals surface area contributed by atoms with Gasteiger partial charge in [-0.1, -0.05) is 0 Å². The number of carbonyl (C=O) groups excluding carboxylic acids is 2. The minimum absolute atomic E-state index is 0.224. The summed E-state index contributed by atoms with van der Waals surface area (Å²) in [5.74, 6) is 1.33. The molecule has 34 heavy (non-hydrogen) atoms. The van der Waals surface area contributed by atoms with E-state index < -0.39 is 12.2 Å². The van der Waals surface area contributed by atoms with Crippen molar-refractivity contribution in [3.05, 3.63) is 59.9 Å². The molecule has 0 radical (unpaired) electrons. The molecule has 0 spiro atoms. The van der Waals surface area contributed by atoms with Crippen molar-refractivity contribution >= 4 is 34.0 Å². The lowest BCUT2D eigenvalue weighted by Gasteiger charge is -2.14. The second-order valence-electron chi connectivity index (χ2n) is 8.23. The minimum atomic E-state index is -0.419. The monoisotopic (exact) mass is 462 g/mol. The van der Waals surface area contributed by atoms with Crippen molar-refractivity contribution in [2.24, 2.45) is 0 Å². The fourth-order valence-corrected chi connectivity index (χ4v) is 4.48. The molecule has 5 rings (SSSR count). The number of aryl methyl sites for hydroxylation is 2. The lowest BCUT2D eigenvalue weighted by atomic mass is 10.2. The minimum Gasteiger partial charge on any atom is -0.497 e. The van der Waals surface area contributed by atoms with E-state index in [-0.39, 0.29) is 13.2 Å². The molecule has 8 heteroatoms. The van der Waals surface area contributed by atoms with Crippen molar-refractivity contribution in [1.82, 2.24) is 9.13 Å². The first-order valence-corrected chi connectivity index (χ1v) is 11.3. The van der Waals surface area contributed by atoms with Crippen LogP contribution in [0.15, 0.2) is 48.5 Å². The molecule has 0 saturated heterocycles. The van der Waals surface area contributed by atoms with Crippen molar-refractivity contribution < 1.29 is 28.5 Å². The Morgan fingerprint density at radius 3 is 1.53 bits per heavy atom.